The summed E-state index contributed by atoms with van der Waals surface area (Å²) in [6.45, 7) is 3.20. The third kappa shape index (κ3) is 5.34. The summed E-state index contributed by atoms with van der Waals surface area (Å²) in [4.78, 5) is 23.6. The van der Waals surface area contributed by atoms with E-state index in [4.69, 9.17) is 4.74 Å². The smallest absolute Gasteiger partial charge is 0.271 e. The Morgan fingerprint density at radius 2 is 1.76 bits per heavy atom. The average Bonchev–Trinajstić information content (AvgIpc) is 2.82. The minimum absolute atomic E-state index is 0.0461. The zero-order valence-electron chi connectivity index (χ0n) is 19.0. The Bertz CT molecular complexity index is 1310. The number of aryl methyl sites for hydroxylation is 2. The minimum atomic E-state index is -4.10. The normalized spacial score (nSPS) is 11.0. The lowest BCUT2D eigenvalue weighted by molar-refractivity contribution is -0.384. The van der Waals surface area contributed by atoms with Gasteiger partial charge in [0.05, 0.1) is 28.3 Å². The van der Waals surface area contributed by atoms with Gasteiger partial charge in [-0.3, -0.25) is 19.2 Å². The SMILES string of the molecule is CCc1ccccc1N(CC(=O)Nc1cc([N+](=O)[O-])ccc1OC)S(=O)(=O)c1ccc(C)cc1. The van der Waals surface area contributed by atoms with Crippen molar-refractivity contribution in [2.75, 3.05) is 23.3 Å². The van der Waals surface area contributed by atoms with E-state index in [0.29, 0.717) is 12.1 Å². The molecule has 0 aliphatic carbocycles. The van der Waals surface area contributed by atoms with Crippen LogP contribution in [0.3, 0.4) is 0 Å². The fraction of sp³-hybridized carbons (Fsp3) is 0.208. The molecule has 0 radical (unpaired) electrons. The van der Waals surface area contributed by atoms with Crippen LogP contribution in [0.25, 0.3) is 0 Å². The number of benzene rings is 3. The van der Waals surface area contributed by atoms with Gasteiger partial charge in [0.1, 0.15) is 12.3 Å². The van der Waals surface area contributed by atoms with E-state index in [-0.39, 0.29) is 22.0 Å². The Hall–Kier alpha value is -3.92. The first kappa shape index (κ1) is 24.7. The molecule has 0 saturated heterocycles. The number of carbonyl (C=O) groups excluding carboxylic acids is 1. The molecule has 3 aromatic carbocycles. The maximum atomic E-state index is 13.6. The Morgan fingerprint density at radius 1 is 1.09 bits per heavy atom. The number of nitro groups is 1. The topological polar surface area (TPSA) is 119 Å². The van der Waals surface area contributed by atoms with Gasteiger partial charge in [-0.25, -0.2) is 8.42 Å². The third-order valence-electron chi connectivity index (χ3n) is 5.21. The number of methoxy groups -OCH3 is 1. The molecule has 1 N–H and O–H groups in total. The first-order valence-corrected chi connectivity index (χ1v) is 11.9. The van der Waals surface area contributed by atoms with Gasteiger partial charge in [0.25, 0.3) is 15.7 Å². The highest BCUT2D eigenvalue weighted by atomic mass is 32.2. The molecule has 0 unspecified atom stereocenters. The van der Waals surface area contributed by atoms with Crippen molar-refractivity contribution in [1.29, 1.82) is 0 Å². The van der Waals surface area contributed by atoms with Crippen LogP contribution in [0.5, 0.6) is 5.75 Å². The maximum Gasteiger partial charge on any atom is 0.271 e. The molecule has 9 nitrogen and oxygen atoms in total. The summed E-state index contributed by atoms with van der Waals surface area (Å²) in [6, 6.07) is 17.1. The molecule has 10 heteroatoms. The van der Waals surface area contributed by atoms with Crippen LogP contribution in [0.15, 0.2) is 71.6 Å². The van der Waals surface area contributed by atoms with Gasteiger partial charge < -0.3 is 10.1 Å². The van der Waals surface area contributed by atoms with E-state index in [1.807, 2.05) is 13.8 Å². The Labute approximate surface area is 198 Å². The molecule has 3 rings (SSSR count). The van der Waals surface area contributed by atoms with Crippen molar-refractivity contribution in [3.05, 3.63) is 88.0 Å². The average molecular weight is 484 g/mol. The number of hydrogen-bond acceptors (Lipinski definition) is 6. The van der Waals surface area contributed by atoms with E-state index in [1.165, 1.54) is 31.4 Å². The first-order chi connectivity index (χ1) is 16.2. The number of para-hydroxylation sites is 1. The van der Waals surface area contributed by atoms with Crippen molar-refractivity contribution >= 4 is 33.0 Å². The number of nitrogens with one attached hydrogen (secondary N) is 1. The second-order valence-corrected chi connectivity index (χ2v) is 9.36. The second kappa shape index (κ2) is 10.3. The van der Waals surface area contributed by atoms with Crippen LogP contribution in [0.4, 0.5) is 17.1 Å². The zero-order chi connectivity index (χ0) is 24.9. The van der Waals surface area contributed by atoms with Crippen LogP contribution in [0, 0.1) is 17.0 Å². The number of anilines is 2. The van der Waals surface area contributed by atoms with Crippen molar-refractivity contribution in [2.45, 2.75) is 25.2 Å². The van der Waals surface area contributed by atoms with Crippen molar-refractivity contribution in [3.8, 4) is 5.75 Å². The van der Waals surface area contributed by atoms with Crippen molar-refractivity contribution < 1.29 is 22.9 Å². The molecule has 0 heterocycles. The summed E-state index contributed by atoms with van der Waals surface area (Å²) in [5, 5.41) is 13.7. The second-order valence-electron chi connectivity index (χ2n) is 7.50. The number of non-ortho nitro benzene ring substituents is 1. The molecule has 3 aromatic rings. The van der Waals surface area contributed by atoms with Gasteiger partial charge in [-0.2, -0.15) is 0 Å². The number of hydrogen-bond donors (Lipinski definition) is 1. The Morgan fingerprint density at radius 3 is 2.38 bits per heavy atom. The van der Waals surface area contributed by atoms with Gasteiger partial charge in [-0.15, -0.1) is 0 Å². The summed E-state index contributed by atoms with van der Waals surface area (Å²) in [5.74, 6) is -0.471. The minimum Gasteiger partial charge on any atom is -0.495 e. The molecule has 0 aliphatic rings. The monoisotopic (exact) mass is 483 g/mol. The molecule has 0 fully saturated rings. The van der Waals surface area contributed by atoms with Crippen LogP contribution in [-0.4, -0.2) is 32.9 Å². The zero-order valence-corrected chi connectivity index (χ0v) is 19.8. The van der Waals surface area contributed by atoms with Crippen LogP contribution in [0.2, 0.25) is 0 Å². The van der Waals surface area contributed by atoms with Gasteiger partial charge in [-0.05, 0) is 43.2 Å². The van der Waals surface area contributed by atoms with Gasteiger partial charge in [0, 0.05) is 12.1 Å². The van der Waals surface area contributed by atoms with E-state index >= 15 is 0 Å². The lowest BCUT2D eigenvalue weighted by Gasteiger charge is -2.26. The highest BCUT2D eigenvalue weighted by Gasteiger charge is 2.29. The quantitative estimate of drug-likeness (QED) is 0.358. The summed E-state index contributed by atoms with van der Waals surface area (Å²) in [7, 11) is -2.73. The molecular weight excluding hydrogens is 458 g/mol. The van der Waals surface area contributed by atoms with E-state index in [2.05, 4.69) is 5.32 Å². The lowest BCUT2D eigenvalue weighted by Crippen LogP contribution is -2.38. The van der Waals surface area contributed by atoms with E-state index < -0.39 is 27.4 Å². The van der Waals surface area contributed by atoms with Crippen molar-refractivity contribution in [2.24, 2.45) is 0 Å². The molecule has 0 spiro atoms. The highest BCUT2D eigenvalue weighted by molar-refractivity contribution is 7.92. The molecule has 0 aliphatic heterocycles. The molecule has 178 valence electrons. The van der Waals surface area contributed by atoms with Crippen LogP contribution in [0.1, 0.15) is 18.1 Å². The van der Waals surface area contributed by atoms with Crippen molar-refractivity contribution in [3.63, 3.8) is 0 Å². The molecule has 0 atom stereocenters. The Kier molecular flexibility index (Phi) is 7.52. The number of nitro benzene ring substituents is 1. The number of sulfonamides is 1. The molecule has 0 aromatic heterocycles. The summed E-state index contributed by atoms with van der Waals surface area (Å²) < 4.78 is 33.4. The number of nitrogens with zero attached hydrogens (tertiary/aromatic N) is 2. The standard InChI is InChI=1S/C24H25N3O6S/c1-4-18-7-5-6-8-22(18)26(34(31,32)20-12-9-17(2)10-13-20)16-24(28)25-21-15-19(27(29)30)11-14-23(21)33-3/h5-15H,4,16H2,1-3H3,(H,25,28). The van der Waals surface area contributed by atoms with Crippen LogP contribution in [-0.2, 0) is 21.2 Å². The molecule has 0 bridgehead atoms. The van der Waals surface area contributed by atoms with Gasteiger partial charge in [0.15, 0.2) is 0 Å². The largest absolute Gasteiger partial charge is 0.495 e. The van der Waals surface area contributed by atoms with E-state index in [0.717, 1.165) is 21.5 Å². The predicted molar refractivity (Wildman–Crippen MR) is 130 cm³/mol. The van der Waals surface area contributed by atoms with Crippen LogP contribution < -0.4 is 14.4 Å². The third-order valence-corrected chi connectivity index (χ3v) is 6.98. The fourth-order valence-electron chi connectivity index (χ4n) is 3.42. The predicted octanol–water partition coefficient (Wildman–Crippen LogP) is 4.31. The lowest BCUT2D eigenvalue weighted by atomic mass is 10.1. The molecule has 34 heavy (non-hydrogen) atoms. The molecule has 0 saturated carbocycles. The number of amides is 1. The fourth-order valence-corrected chi connectivity index (χ4v) is 4.88. The van der Waals surface area contributed by atoms with Crippen molar-refractivity contribution in [1.82, 2.24) is 0 Å². The molecule has 1 amide bonds. The van der Waals surface area contributed by atoms with Gasteiger partial charge in [0.2, 0.25) is 5.91 Å². The number of ether oxygens (including phenoxy) is 1. The van der Waals surface area contributed by atoms with Crippen LogP contribution >= 0.6 is 0 Å². The summed E-state index contributed by atoms with van der Waals surface area (Å²) in [5.41, 5.74) is 1.86. The number of rotatable bonds is 9. The highest BCUT2D eigenvalue weighted by Crippen LogP contribution is 2.30. The first-order valence-electron chi connectivity index (χ1n) is 10.5. The number of carbonyl (C=O) groups is 1. The van der Waals surface area contributed by atoms with Gasteiger partial charge in [-0.1, -0.05) is 42.8 Å². The summed E-state index contributed by atoms with van der Waals surface area (Å²) >= 11 is 0. The van der Waals surface area contributed by atoms with E-state index in [9.17, 15) is 23.3 Å². The Balaban J connectivity index is 2.01. The molecular formula is C24H25N3O6S. The van der Waals surface area contributed by atoms with Gasteiger partial charge >= 0.3 is 0 Å². The van der Waals surface area contributed by atoms with E-state index in [1.54, 1.807) is 36.4 Å². The summed E-state index contributed by atoms with van der Waals surface area (Å²) in [6.07, 6.45) is 0.552. The maximum absolute atomic E-state index is 13.6.